The molecule has 0 aliphatic carbocycles. The number of anilines is 1. The third kappa shape index (κ3) is 3.31. The van der Waals surface area contributed by atoms with Crippen LogP contribution in [0.4, 0.5) is 5.69 Å². The molecule has 1 aromatic carbocycles. The molecule has 19 heavy (non-hydrogen) atoms. The van der Waals surface area contributed by atoms with Gasteiger partial charge in [0.1, 0.15) is 5.75 Å². The number of rotatable bonds is 3. The van der Waals surface area contributed by atoms with Crippen molar-refractivity contribution in [1.82, 2.24) is 4.98 Å². The second kappa shape index (κ2) is 5.68. The Bertz CT molecular complexity index is 615. The lowest BCUT2D eigenvalue weighted by Gasteiger charge is -2.11. The van der Waals surface area contributed by atoms with Gasteiger partial charge in [-0.15, -0.1) is 0 Å². The summed E-state index contributed by atoms with van der Waals surface area (Å²) < 4.78 is 0. The van der Waals surface area contributed by atoms with Gasteiger partial charge in [0.05, 0.1) is 16.4 Å². The van der Waals surface area contributed by atoms with Gasteiger partial charge in [-0.1, -0.05) is 23.2 Å². The molecule has 0 spiro atoms. The maximum atomic E-state index is 9.87. The first-order valence-electron chi connectivity index (χ1n) is 5.82. The molecule has 2 aromatic rings. The van der Waals surface area contributed by atoms with Crippen LogP contribution in [-0.4, -0.2) is 10.1 Å². The first-order chi connectivity index (χ1) is 8.97. The number of hydrogen-bond acceptors (Lipinski definition) is 3. The molecule has 0 saturated carbocycles. The average molecular weight is 297 g/mol. The van der Waals surface area contributed by atoms with Crippen LogP contribution in [0.15, 0.2) is 24.3 Å². The minimum absolute atomic E-state index is 0.0521. The van der Waals surface area contributed by atoms with E-state index in [4.69, 9.17) is 23.2 Å². The highest BCUT2D eigenvalue weighted by atomic mass is 35.5. The molecule has 0 fully saturated rings. The number of pyridine rings is 1. The summed E-state index contributed by atoms with van der Waals surface area (Å²) in [4.78, 5) is 4.37. The minimum atomic E-state index is 0.0521. The van der Waals surface area contributed by atoms with Gasteiger partial charge in [0.2, 0.25) is 0 Å². The second-order valence-electron chi connectivity index (χ2n) is 4.33. The number of phenols is 1. The Morgan fingerprint density at radius 2 is 1.95 bits per heavy atom. The van der Waals surface area contributed by atoms with E-state index in [2.05, 4.69) is 10.3 Å². The van der Waals surface area contributed by atoms with Crippen LogP contribution in [0.2, 0.25) is 10.0 Å². The minimum Gasteiger partial charge on any atom is -0.506 e. The molecule has 0 aliphatic heterocycles. The molecule has 3 nitrogen and oxygen atoms in total. The van der Waals surface area contributed by atoms with E-state index in [0.717, 1.165) is 17.1 Å². The predicted octanol–water partition coefficient (Wildman–Crippen LogP) is 4.32. The summed E-state index contributed by atoms with van der Waals surface area (Å²) in [6.07, 6.45) is 0. The highest BCUT2D eigenvalue weighted by Crippen LogP contribution is 2.31. The third-order valence-corrected chi connectivity index (χ3v) is 3.31. The quantitative estimate of drug-likeness (QED) is 0.886. The van der Waals surface area contributed by atoms with Gasteiger partial charge in [-0.05, 0) is 38.1 Å². The summed E-state index contributed by atoms with van der Waals surface area (Å²) in [5.74, 6) is 0.0521. The molecule has 0 radical (unpaired) electrons. The first-order valence-corrected chi connectivity index (χ1v) is 6.58. The summed E-state index contributed by atoms with van der Waals surface area (Å²) in [5.41, 5.74) is 3.45. The Morgan fingerprint density at radius 3 is 2.63 bits per heavy atom. The molecule has 0 saturated heterocycles. The maximum absolute atomic E-state index is 9.87. The topological polar surface area (TPSA) is 45.1 Å². The van der Waals surface area contributed by atoms with Crippen molar-refractivity contribution in [2.24, 2.45) is 0 Å². The second-order valence-corrected chi connectivity index (χ2v) is 5.18. The number of halogens is 2. The summed E-state index contributed by atoms with van der Waals surface area (Å²) in [5, 5.41) is 13.8. The van der Waals surface area contributed by atoms with Crippen molar-refractivity contribution >= 4 is 28.9 Å². The van der Waals surface area contributed by atoms with Crippen molar-refractivity contribution in [3.05, 3.63) is 51.3 Å². The van der Waals surface area contributed by atoms with Gasteiger partial charge in [0, 0.05) is 22.8 Å². The zero-order chi connectivity index (χ0) is 14.0. The highest BCUT2D eigenvalue weighted by Gasteiger charge is 2.08. The van der Waals surface area contributed by atoms with Crippen LogP contribution >= 0.6 is 23.2 Å². The number of aromatic hydroxyl groups is 1. The van der Waals surface area contributed by atoms with E-state index in [1.165, 1.54) is 6.07 Å². The standard InChI is InChI=1S/C14H14Cl2N2O/c1-8-3-4-13(9(2)18-8)17-7-10-5-11(15)6-12(16)14(10)19/h3-6,17,19H,7H2,1-2H3. The van der Waals surface area contributed by atoms with E-state index in [-0.39, 0.29) is 10.8 Å². The molecule has 1 aromatic heterocycles. The smallest absolute Gasteiger partial charge is 0.139 e. The number of benzene rings is 1. The lowest BCUT2D eigenvalue weighted by Crippen LogP contribution is -2.03. The van der Waals surface area contributed by atoms with E-state index in [1.807, 2.05) is 26.0 Å². The van der Waals surface area contributed by atoms with Crippen molar-refractivity contribution in [1.29, 1.82) is 0 Å². The Hall–Kier alpha value is -1.45. The van der Waals surface area contributed by atoms with E-state index >= 15 is 0 Å². The average Bonchev–Trinajstić information content (AvgIpc) is 2.33. The van der Waals surface area contributed by atoms with Gasteiger partial charge in [-0.25, -0.2) is 0 Å². The molecule has 1 heterocycles. The lowest BCUT2D eigenvalue weighted by molar-refractivity contribution is 0.469. The van der Waals surface area contributed by atoms with Gasteiger partial charge < -0.3 is 10.4 Å². The fraction of sp³-hybridized carbons (Fsp3) is 0.214. The molecule has 2 N–H and O–H groups in total. The Labute approximate surface area is 122 Å². The Kier molecular flexibility index (Phi) is 4.17. The van der Waals surface area contributed by atoms with Gasteiger partial charge in [-0.3, -0.25) is 4.98 Å². The van der Waals surface area contributed by atoms with Crippen LogP contribution in [-0.2, 0) is 6.54 Å². The fourth-order valence-electron chi connectivity index (χ4n) is 1.82. The molecule has 5 heteroatoms. The number of phenolic OH excluding ortho intramolecular Hbond substituents is 1. The van der Waals surface area contributed by atoms with Crippen molar-refractivity contribution in [3.63, 3.8) is 0 Å². The van der Waals surface area contributed by atoms with Crippen LogP contribution in [0.1, 0.15) is 17.0 Å². The third-order valence-electron chi connectivity index (χ3n) is 2.80. The van der Waals surface area contributed by atoms with E-state index in [0.29, 0.717) is 17.1 Å². The molecule has 0 unspecified atom stereocenters. The molecule has 0 amide bonds. The summed E-state index contributed by atoms with van der Waals surface area (Å²) in [7, 11) is 0. The summed E-state index contributed by atoms with van der Waals surface area (Å²) >= 11 is 11.8. The number of nitrogens with zero attached hydrogens (tertiary/aromatic N) is 1. The van der Waals surface area contributed by atoms with Crippen LogP contribution in [0, 0.1) is 13.8 Å². The van der Waals surface area contributed by atoms with Gasteiger partial charge >= 0.3 is 0 Å². The molecular weight excluding hydrogens is 283 g/mol. The fourth-order valence-corrected chi connectivity index (χ4v) is 2.35. The largest absolute Gasteiger partial charge is 0.506 e. The monoisotopic (exact) mass is 296 g/mol. The highest BCUT2D eigenvalue weighted by molar-refractivity contribution is 6.35. The zero-order valence-corrected chi connectivity index (χ0v) is 12.2. The number of aryl methyl sites for hydroxylation is 2. The Balaban J connectivity index is 2.19. The lowest BCUT2D eigenvalue weighted by atomic mass is 10.2. The number of nitrogens with one attached hydrogen (secondary N) is 1. The van der Waals surface area contributed by atoms with Gasteiger partial charge in [0.25, 0.3) is 0 Å². The van der Waals surface area contributed by atoms with Crippen LogP contribution in [0.25, 0.3) is 0 Å². The van der Waals surface area contributed by atoms with Gasteiger partial charge in [-0.2, -0.15) is 0 Å². The van der Waals surface area contributed by atoms with Crippen molar-refractivity contribution < 1.29 is 5.11 Å². The normalized spacial score (nSPS) is 10.5. The molecule has 100 valence electrons. The maximum Gasteiger partial charge on any atom is 0.139 e. The number of hydrogen-bond donors (Lipinski definition) is 2. The molecule has 0 atom stereocenters. The van der Waals surface area contributed by atoms with Gasteiger partial charge in [0.15, 0.2) is 0 Å². The van der Waals surface area contributed by atoms with E-state index in [1.54, 1.807) is 6.07 Å². The zero-order valence-electron chi connectivity index (χ0n) is 10.7. The molecular formula is C14H14Cl2N2O. The van der Waals surface area contributed by atoms with Crippen LogP contribution < -0.4 is 5.32 Å². The van der Waals surface area contributed by atoms with Crippen LogP contribution in [0.3, 0.4) is 0 Å². The predicted molar refractivity (Wildman–Crippen MR) is 79.2 cm³/mol. The molecule has 0 aliphatic rings. The van der Waals surface area contributed by atoms with Crippen molar-refractivity contribution in [3.8, 4) is 5.75 Å². The van der Waals surface area contributed by atoms with Crippen LogP contribution in [0.5, 0.6) is 5.75 Å². The van der Waals surface area contributed by atoms with E-state index < -0.39 is 0 Å². The summed E-state index contributed by atoms with van der Waals surface area (Å²) in [6, 6.07) is 7.09. The Morgan fingerprint density at radius 1 is 1.21 bits per heavy atom. The summed E-state index contributed by atoms with van der Waals surface area (Å²) in [6.45, 7) is 4.30. The SMILES string of the molecule is Cc1ccc(NCc2cc(Cl)cc(Cl)c2O)c(C)n1. The first kappa shape index (κ1) is 14.0. The number of aromatic nitrogens is 1. The molecule has 2 rings (SSSR count). The van der Waals surface area contributed by atoms with E-state index in [9.17, 15) is 5.11 Å². The van der Waals surface area contributed by atoms with Crippen molar-refractivity contribution in [2.75, 3.05) is 5.32 Å². The molecule has 0 bridgehead atoms. The van der Waals surface area contributed by atoms with Crippen molar-refractivity contribution in [2.45, 2.75) is 20.4 Å².